The lowest BCUT2D eigenvalue weighted by molar-refractivity contribution is 1.31. The number of hydrogen-bond acceptors (Lipinski definition) is 0. The topological polar surface area (TPSA) is 0 Å². The molecule has 1 aromatic rings. The van der Waals surface area contributed by atoms with Gasteiger partial charge in [0.15, 0.2) is 0 Å². The molecule has 5 rings (SSSR count). The van der Waals surface area contributed by atoms with Gasteiger partial charge in [0.1, 0.15) is 7.59 Å². The Morgan fingerprint density at radius 3 is 1.61 bits per heavy atom. The molecule has 0 spiro atoms. The third-order valence-electron chi connectivity index (χ3n) is 5.46. The van der Waals surface area contributed by atoms with E-state index in [1.54, 1.807) is 21.5 Å². The first-order chi connectivity index (χ1) is 8.62. The quantitative estimate of drug-likeness (QED) is 0.681. The Kier molecular flexibility index (Phi) is 1.94. The molecule has 2 heteroatoms. The average Bonchev–Trinajstić information content (AvgIpc) is 2.74. The first-order valence-electron chi connectivity index (χ1n) is 6.81. The molecular formula is C16H18Si2. The summed E-state index contributed by atoms with van der Waals surface area (Å²) in [5.74, 6) is 0. The molecule has 0 unspecified atom stereocenters. The highest BCUT2D eigenvalue weighted by molar-refractivity contribution is 7.47. The Labute approximate surface area is 111 Å². The van der Waals surface area contributed by atoms with E-state index in [1.165, 1.54) is 12.1 Å². The van der Waals surface area contributed by atoms with Crippen molar-refractivity contribution < 1.29 is 0 Å². The normalized spacial score (nSPS) is 25.0. The van der Waals surface area contributed by atoms with E-state index in [2.05, 4.69) is 61.7 Å². The molecule has 1 aromatic carbocycles. The maximum Gasteiger partial charge on any atom is 0.108 e. The summed E-state index contributed by atoms with van der Waals surface area (Å²) in [6.07, 6.45) is 9.62. The van der Waals surface area contributed by atoms with Crippen molar-refractivity contribution in [1.82, 2.24) is 0 Å². The lowest BCUT2D eigenvalue weighted by Gasteiger charge is -2.41. The van der Waals surface area contributed by atoms with Crippen molar-refractivity contribution in [2.45, 2.75) is 25.2 Å². The zero-order chi connectivity index (χ0) is 12.4. The highest BCUT2D eigenvalue weighted by atomic mass is 29.3. The number of hydrogen-bond donors (Lipinski definition) is 0. The number of allylic oxidation sites excluding steroid dienone is 6. The van der Waals surface area contributed by atoms with Gasteiger partial charge in [-0.05, 0) is 12.1 Å². The SMILES string of the molecule is C[Si]1([Si]2(C)C3=CC=C2C=C3)Cc2ccc(cc2)C1. The molecule has 4 heterocycles. The second kappa shape index (κ2) is 3.25. The summed E-state index contributed by atoms with van der Waals surface area (Å²) in [4.78, 5) is 0. The minimum absolute atomic E-state index is 1.26. The smallest absolute Gasteiger partial charge is 0.0700 e. The summed E-state index contributed by atoms with van der Waals surface area (Å²) < 4.78 is 0. The summed E-state index contributed by atoms with van der Waals surface area (Å²) in [5, 5.41) is 3.41. The molecular weight excluding hydrogens is 248 g/mol. The van der Waals surface area contributed by atoms with Crippen LogP contribution in [0, 0.1) is 0 Å². The van der Waals surface area contributed by atoms with Gasteiger partial charge in [0.05, 0.1) is 7.59 Å². The molecule has 0 fully saturated rings. The summed E-state index contributed by atoms with van der Waals surface area (Å²) in [6.45, 7) is 5.30. The number of fused-ring (bicyclic) bond motifs is 7. The fourth-order valence-electron chi connectivity index (χ4n) is 4.09. The summed E-state index contributed by atoms with van der Waals surface area (Å²) >= 11 is 0. The monoisotopic (exact) mass is 266 g/mol. The van der Waals surface area contributed by atoms with Crippen molar-refractivity contribution in [3.63, 3.8) is 0 Å². The van der Waals surface area contributed by atoms with Gasteiger partial charge in [-0.1, -0.05) is 83.2 Å². The lowest BCUT2D eigenvalue weighted by Crippen LogP contribution is -2.62. The highest BCUT2D eigenvalue weighted by Gasteiger charge is 2.55. The fraction of sp³-hybridized carbons (Fsp3) is 0.250. The van der Waals surface area contributed by atoms with Crippen LogP contribution in [0.2, 0.25) is 13.1 Å². The largest absolute Gasteiger partial charge is 0.108 e. The van der Waals surface area contributed by atoms with Crippen molar-refractivity contribution in [1.29, 1.82) is 0 Å². The standard InChI is InChI=1S/C16H18Si2/c1-17(11-13-3-4-14(12-17)6-5-13)18(2)15-7-8-16(18)10-9-15/h3-10H,11-12H2,1-2H3. The molecule has 0 amide bonds. The zero-order valence-electron chi connectivity index (χ0n) is 11.0. The van der Waals surface area contributed by atoms with Crippen molar-refractivity contribution in [3.05, 3.63) is 70.1 Å². The Balaban J connectivity index is 1.85. The molecule has 0 nitrogen and oxygen atoms in total. The molecule has 90 valence electrons. The third-order valence-corrected chi connectivity index (χ3v) is 23.3. The van der Waals surface area contributed by atoms with Gasteiger partial charge in [0, 0.05) is 0 Å². The number of rotatable bonds is 1. The van der Waals surface area contributed by atoms with E-state index in [0.717, 1.165) is 0 Å². The van der Waals surface area contributed by atoms with Gasteiger partial charge in [-0.15, -0.1) is 0 Å². The molecule has 0 aliphatic carbocycles. The summed E-state index contributed by atoms with van der Waals surface area (Å²) in [5.41, 5.74) is 3.15. The Morgan fingerprint density at radius 1 is 0.778 bits per heavy atom. The van der Waals surface area contributed by atoms with Crippen molar-refractivity contribution in [2.75, 3.05) is 0 Å². The minimum Gasteiger partial charge on any atom is -0.0700 e. The average molecular weight is 266 g/mol. The van der Waals surface area contributed by atoms with Crippen LogP contribution in [-0.2, 0) is 12.1 Å². The van der Waals surface area contributed by atoms with Crippen LogP contribution in [-0.4, -0.2) is 15.2 Å². The van der Waals surface area contributed by atoms with E-state index >= 15 is 0 Å². The lowest BCUT2D eigenvalue weighted by atomic mass is 10.2. The van der Waals surface area contributed by atoms with E-state index in [4.69, 9.17) is 0 Å². The summed E-state index contributed by atoms with van der Waals surface area (Å²) in [6, 6.07) is 12.2. The molecule has 0 saturated carbocycles. The first-order valence-corrected chi connectivity index (χ1v) is 13.2. The molecule has 0 atom stereocenters. The van der Waals surface area contributed by atoms with Crippen LogP contribution in [0.1, 0.15) is 11.1 Å². The van der Waals surface area contributed by atoms with Crippen LogP contribution >= 0.6 is 0 Å². The van der Waals surface area contributed by atoms with Crippen LogP contribution in [0.3, 0.4) is 0 Å². The van der Waals surface area contributed by atoms with E-state index in [1.807, 2.05) is 0 Å². The molecule has 18 heavy (non-hydrogen) atoms. The maximum absolute atomic E-state index is 2.67. The van der Waals surface area contributed by atoms with Crippen LogP contribution in [0.15, 0.2) is 59.0 Å². The highest BCUT2D eigenvalue weighted by Crippen LogP contribution is 2.45. The third kappa shape index (κ3) is 1.15. The molecule has 0 radical (unpaired) electrons. The van der Waals surface area contributed by atoms with E-state index < -0.39 is 15.2 Å². The fourth-order valence-corrected chi connectivity index (χ4v) is 19.1. The van der Waals surface area contributed by atoms with Gasteiger partial charge in [-0.2, -0.15) is 0 Å². The van der Waals surface area contributed by atoms with Crippen LogP contribution < -0.4 is 0 Å². The van der Waals surface area contributed by atoms with Gasteiger partial charge in [0.25, 0.3) is 0 Å². The molecule has 0 aromatic heterocycles. The Morgan fingerprint density at radius 2 is 1.22 bits per heavy atom. The van der Waals surface area contributed by atoms with E-state index in [0.29, 0.717) is 0 Å². The van der Waals surface area contributed by atoms with E-state index in [-0.39, 0.29) is 0 Å². The molecule has 0 saturated heterocycles. The maximum atomic E-state index is 2.67. The predicted octanol–water partition coefficient (Wildman–Crippen LogP) is 3.61. The van der Waals surface area contributed by atoms with E-state index in [9.17, 15) is 0 Å². The second-order valence-corrected chi connectivity index (χ2v) is 20.3. The first kappa shape index (κ1) is 10.8. The molecule has 4 aliphatic rings. The molecule has 4 bridgehead atoms. The van der Waals surface area contributed by atoms with Crippen molar-refractivity contribution >= 4 is 15.2 Å². The number of benzene rings is 1. The minimum atomic E-state index is -1.35. The van der Waals surface area contributed by atoms with Gasteiger partial charge >= 0.3 is 0 Å². The van der Waals surface area contributed by atoms with Crippen molar-refractivity contribution in [2.24, 2.45) is 0 Å². The Hall–Kier alpha value is -1.13. The Bertz CT molecular complexity index is 570. The van der Waals surface area contributed by atoms with Gasteiger partial charge < -0.3 is 0 Å². The van der Waals surface area contributed by atoms with Crippen molar-refractivity contribution in [3.8, 4) is 0 Å². The van der Waals surface area contributed by atoms with Crippen LogP contribution in [0.5, 0.6) is 0 Å². The summed E-state index contributed by atoms with van der Waals surface area (Å²) in [7, 11) is -2.62. The van der Waals surface area contributed by atoms with Crippen LogP contribution in [0.25, 0.3) is 0 Å². The second-order valence-electron chi connectivity index (χ2n) is 6.43. The van der Waals surface area contributed by atoms with Gasteiger partial charge in [0.2, 0.25) is 0 Å². The van der Waals surface area contributed by atoms with Gasteiger partial charge in [-0.25, -0.2) is 0 Å². The molecule has 4 aliphatic heterocycles. The predicted molar refractivity (Wildman–Crippen MR) is 82.4 cm³/mol. The van der Waals surface area contributed by atoms with Crippen LogP contribution in [0.4, 0.5) is 0 Å². The van der Waals surface area contributed by atoms with Gasteiger partial charge in [-0.3, -0.25) is 0 Å². The molecule has 0 N–H and O–H groups in total. The zero-order valence-corrected chi connectivity index (χ0v) is 13.0.